The highest BCUT2D eigenvalue weighted by Crippen LogP contribution is 2.47. The Bertz CT molecular complexity index is 1150. The fraction of sp³-hybridized carbons (Fsp3) is 0.360. The van der Waals surface area contributed by atoms with E-state index in [4.69, 9.17) is 9.98 Å². The van der Waals surface area contributed by atoms with E-state index in [9.17, 15) is 8.78 Å². The van der Waals surface area contributed by atoms with E-state index in [1.54, 1.807) is 36.0 Å². The Kier molecular flexibility index (Phi) is 5.65. The molecule has 0 amide bonds. The van der Waals surface area contributed by atoms with Crippen LogP contribution < -0.4 is 5.32 Å². The Labute approximate surface area is 192 Å². The van der Waals surface area contributed by atoms with Crippen molar-refractivity contribution in [3.05, 3.63) is 71.6 Å². The number of halogens is 2. The molecule has 1 aliphatic heterocycles. The minimum Gasteiger partial charge on any atom is -0.365 e. The van der Waals surface area contributed by atoms with E-state index in [2.05, 4.69) is 30.7 Å². The SMILES string of the molecule is CC(C)(C)N=C1S[C@@H](c2ccc(F)cc2)n2c1nc(-c1ccc(F)cc1)c2NC(C)(C)C. The zero-order valence-electron chi connectivity index (χ0n) is 19.2. The molecule has 1 N–H and O–H groups in total. The highest BCUT2D eigenvalue weighted by atomic mass is 32.2. The highest BCUT2D eigenvalue weighted by Gasteiger charge is 2.37. The molecular weight excluding hydrogens is 426 g/mol. The van der Waals surface area contributed by atoms with Crippen molar-refractivity contribution in [1.82, 2.24) is 9.55 Å². The number of aliphatic imine (C=N–C) groups is 1. The van der Waals surface area contributed by atoms with E-state index in [1.165, 1.54) is 24.3 Å². The van der Waals surface area contributed by atoms with E-state index in [0.29, 0.717) is 0 Å². The zero-order valence-corrected chi connectivity index (χ0v) is 20.0. The summed E-state index contributed by atoms with van der Waals surface area (Å²) in [6.07, 6.45) is 0. The monoisotopic (exact) mass is 454 g/mol. The van der Waals surface area contributed by atoms with Crippen molar-refractivity contribution < 1.29 is 8.78 Å². The first-order valence-corrected chi connectivity index (χ1v) is 11.5. The fourth-order valence-corrected chi connectivity index (χ4v) is 4.92. The first-order valence-electron chi connectivity index (χ1n) is 10.6. The Morgan fingerprint density at radius 2 is 1.47 bits per heavy atom. The van der Waals surface area contributed by atoms with E-state index in [-0.39, 0.29) is 28.1 Å². The molecule has 1 aromatic heterocycles. The van der Waals surface area contributed by atoms with Crippen LogP contribution in [0.3, 0.4) is 0 Å². The van der Waals surface area contributed by atoms with Crippen molar-refractivity contribution in [3.63, 3.8) is 0 Å². The molecule has 0 saturated carbocycles. The molecule has 7 heteroatoms. The maximum absolute atomic E-state index is 13.6. The molecule has 0 fully saturated rings. The summed E-state index contributed by atoms with van der Waals surface area (Å²) in [7, 11) is 0. The number of aromatic nitrogens is 2. The molecule has 2 heterocycles. The summed E-state index contributed by atoms with van der Waals surface area (Å²) in [5, 5.41) is 4.28. The Balaban J connectivity index is 1.96. The first-order chi connectivity index (χ1) is 14.9. The number of anilines is 1. The molecule has 2 aromatic carbocycles. The topological polar surface area (TPSA) is 42.2 Å². The molecule has 4 nitrogen and oxygen atoms in total. The van der Waals surface area contributed by atoms with E-state index in [0.717, 1.165) is 33.5 Å². The molecule has 1 atom stereocenters. The average Bonchev–Trinajstić information content (AvgIpc) is 3.19. The van der Waals surface area contributed by atoms with Crippen molar-refractivity contribution in [3.8, 4) is 11.3 Å². The fourth-order valence-electron chi connectivity index (χ4n) is 3.53. The van der Waals surface area contributed by atoms with E-state index < -0.39 is 0 Å². The number of hydrogen-bond donors (Lipinski definition) is 1. The minimum atomic E-state index is -0.291. The van der Waals surface area contributed by atoms with Crippen LogP contribution in [0.15, 0.2) is 53.5 Å². The Morgan fingerprint density at radius 1 is 0.906 bits per heavy atom. The smallest absolute Gasteiger partial charge is 0.168 e. The molecule has 0 bridgehead atoms. The summed E-state index contributed by atoms with van der Waals surface area (Å²) in [5.74, 6) is 1.03. The van der Waals surface area contributed by atoms with Crippen LogP contribution in [0.5, 0.6) is 0 Å². The van der Waals surface area contributed by atoms with Gasteiger partial charge in [-0.05, 0) is 83.5 Å². The summed E-state index contributed by atoms with van der Waals surface area (Å²) >= 11 is 1.61. The molecule has 4 rings (SSSR count). The zero-order chi connectivity index (χ0) is 23.3. The first kappa shape index (κ1) is 22.5. The lowest BCUT2D eigenvalue weighted by Crippen LogP contribution is -2.28. The van der Waals surface area contributed by atoms with Gasteiger partial charge in [-0.25, -0.2) is 13.8 Å². The van der Waals surface area contributed by atoms with E-state index in [1.807, 2.05) is 20.8 Å². The molecular formula is C25H28F2N4S. The molecule has 0 aliphatic carbocycles. The Morgan fingerprint density at radius 3 is 2.00 bits per heavy atom. The molecule has 0 unspecified atom stereocenters. The summed E-state index contributed by atoms with van der Waals surface area (Å²) in [5.41, 5.74) is 1.98. The van der Waals surface area contributed by atoms with Crippen LogP contribution in [0.25, 0.3) is 11.3 Å². The highest BCUT2D eigenvalue weighted by molar-refractivity contribution is 8.15. The molecule has 0 spiro atoms. The van der Waals surface area contributed by atoms with Crippen molar-refractivity contribution >= 4 is 22.6 Å². The number of fused-ring (bicyclic) bond motifs is 1. The van der Waals surface area contributed by atoms with Gasteiger partial charge in [-0.1, -0.05) is 23.9 Å². The quantitative estimate of drug-likeness (QED) is 0.469. The van der Waals surface area contributed by atoms with Crippen molar-refractivity contribution in [2.24, 2.45) is 4.99 Å². The molecule has 3 aromatic rings. The van der Waals surface area contributed by atoms with Crippen LogP contribution in [0, 0.1) is 11.6 Å². The maximum Gasteiger partial charge on any atom is 0.168 e. The Hall–Kier alpha value is -2.67. The van der Waals surface area contributed by atoms with Crippen LogP contribution in [0.4, 0.5) is 14.6 Å². The van der Waals surface area contributed by atoms with Crippen molar-refractivity contribution in [2.75, 3.05) is 5.32 Å². The van der Waals surface area contributed by atoms with Crippen LogP contribution in [-0.4, -0.2) is 25.7 Å². The lowest BCUT2D eigenvalue weighted by Gasteiger charge is -2.25. The largest absolute Gasteiger partial charge is 0.365 e. The molecule has 168 valence electrons. The van der Waals surface area contributed by atoms with Gasteiger partial charge >= 0.3 is 0 Å². The lowest BCUT2D eigenvalue weighted by atomic mass is 10.1. The predicted molar refractivity (Wildman–Crippen MR) is 129 cm³/mol. The van der Waals surface area contributed by atoms with Crippen LogP contribution in [0.1, 0.15) is 58.3 Å². The normalized spacial score (nSPS) is 17.6. The third kappa shape index (κ3) is 4.72. The third-order valence-corrected chi connectivity index (χ3v) is 5.97. The van der Waals surface area contributed by atoms with Crippen LogP contribution >= 0.6 is 11.8 Å². The van der Waals surface area contributed by atoms with Gasteiger partial charge in [0.2, 0.25) is 0 Å². The number of benzene rings is 2. The van der Waals surface area contributed by atoms with Gasteiger partial charge in [-0.2, -0.15) is 0 Å². The van der Waals surface area contributed by atoms with Crippen LogP contribution in [0.2, 0.25) is 0 Å². The second-order valence-corrected chi connectivity index (χ2v) is 11.1. The van der Waals surface area contributed by atoms with Crippen molar-refractivity contribution in [1.29, 1.82) is 0 Å². The molecule has 1 aliphatic rings. The summed E-state index contributed by atoms with van der Waals surface area (Å²) in [4.78, 5) is 9.92. The summed E-state index contributed by atoms with van der Waals surface area (Å²) < 4.78 is 29.4. The number of thioether (sulfide) groups is 1. The summed E-state index contributed by atoms with van der Waals surface area (Å²) in [6.45, 7) is 12.4. The predicted octanol–water partition coefficient (Wildman–Crippen LogP) is 6.88. The maximum atomic E-state index is 13.6. The van der Waals surface area contributed by atoms with Gasteiger partial charge in [0.25, 0.3) is 0 Å². The van der Waals surface area contributed by atoms with Crippen molar-refractivity contribution in [2.45, 2.75) is 58.0 Å². The number of nitrogens with zero attached hydrogens (tertiary/aromatic N) is 3. The molecule has 32 heavy (non-hydrogen) atoms. The summed E-state index contributed by atoms with van der Waals surface area (Å²) in [6, 6.07) is 12.9. The van der Waals surface area contributed by atoms with E-state index >= 15 is 0 Å². The molecule has 0 saturated heterocycles. The van der Waals surface area contributed by atoms with Gasteiger partial charge in [-0.15, -0.1) is 0 Å². The second-order valence-electron chi connectivity index (χ2n) is 9.99. The van der Waals surface area contributed by atoms with Gasteiger partial charge < -0.3 is 5.32 Å². The number of imidazole rings is 1. The standard InChI is InChI=1S/C25H28F2N4S/c1-24(2,3)29-20-19(15-7-11-17(26)12-8-15)28-21-22(30-25(4,5)6)32-23(31(20)21)16-9-13-18(27)14-10-16/h7-14,23,29H,1-6H3/t23-/m0/s1. The second kappa shape index (κ2) is 8.03. The van der Waals surface area contributed by atoms with Gasteiger partial charge in [0.15, 0.2) is 5.82 Å². The number of hydrogen-bond acceptors (Lipinski definition) is 4. The molecule has 0 radical (unpaired) electrons. The number of nitrogens with one attached hydrogen (secondary N) is 1. The lowest BCUT2D eigenvalue weighted by molar-refractivity contribution is 0.585. The third-order valence-electron chi connectivity index (χ3n) is 4.76. The van der Waals surface area contributed by atoms with Gasteiger partial charge in [0, 0.05) is 11.1 Å². The van der Waals surface area contributed by atoms with Gasteiger partial charge in [-0.3, -0.25) is 9.56 Å². The van der Waals surface area contributed by atoms with Gasteiger partial charge in [0.05, 0.1) is 5.54 Å². The van der Waals surface area contributed by atoms with Gasteiger partial charge in [0.1, 0.15) is 33.6 Å². The number of rotatable bonds is 3. The average molecular weight is 455 g/mol. The minimum absolute atomic E-state index is 0.154. The van der Waals surface area contributed by atoms with Crippen LogP contribution in [-0.2, 0) is 0 Å².